The largest absolute Gasteiger partial charge is 0.446 e. The summed E-state index contributed by atoms with van der Waals surface area (Å²) in [7, 11) is 0. The Morgan fingerprint density at radius 1 is 1.09 bits per heavy atom. The monoisotopic (exact) mass is 434 g/mol. The van der Waals surface area contributed by atoms with Crippen LogP contribution in [0.2, 0.25) is 0 Å². The number of aromatic nitrogens is 3. The first-order chi connectivity index (χ1) is 15.7. The number of fused-ring (bicyclic) bond motifs is 1. The number of nitrogens with two attached hydrogens (primary N) is 1. The number of nitrogens with one attached hydrogen (secondary N) is 1. The number of amides is 1. The molecule has 2 aliphatic rings. The van der Waals surface area contributed by atoms with E-state index in [0.717, 1.165) is 73.4 Å². The predicted molar refractivity (Wildman–Crippen MR) is 123 cm³/mol. The smallest absolute Gasteiger partial charge is 0.410 e. The fraction of sp³-hybridized carbons (Fsp3) is 0.458. The van der Waals surface area contributed by atoms with Gasteiger partial charge in [0.05, 0.1) is 17.9 Å². The summed E-state index contributed by atoms with van der Waals surface area (Å²) in [5.41, 5.74) is 9.55. The number of imidazole rings is 1. The van der Waals surface area contributed by atoms with Gasteiger partial charge in [0.1, 0.15) is 11.9 Å². The molecule has 1 aliphatic heterocycles. The van der Waals surface area contributed by atoms with E-state index in [-0.39, 0.29) is 18.2 Å². The molecule has 3 aromatic rings. The Kier molecular flexibility index (Phi) is 5.94. The highest BCUT2D eigenvalue weighted by Crippen LogP contribution is 2.25. The van der Waals surface area contributed by atoms with Crippen LogP contribution in [-0.2, 0) is 11.3 Å². The molecule has 2 aromatic heterocycles. The third kappa shape index (κ3) is 4.27. The topological polar surface area (TPSA) is 97.8 Å². The van der Waals surface area contributed by atoms with E-state index in [1.807, 2.05) is 52.0 Å². The lowest BCUT2D eigenvalue weighted by Crippen LogP contribution is -2.41. The fourth-order valence-electron chi connectivity index (χ4n) is 4.70. The van der Waals surface area contributed by atoms with E-state index in [2.05, 4.69) is 10.3 Å². The van der Waals surface area contributed by atoms with Gasteiger partial charge in [-0.05, 0) is 56.2 Å². The molecule has 168 valence electrons. The Morgan fingerprint density at radius 3 is 2.69 bits per heavy atom. The van der Waals surface area contributed by atoms with Crippen LogP contribution in [0.5, 0.6) is 0 Å². The highest BCUT2D eigenvalue weighted by atomic mass is 16.6. The van der Waals surface area contributed by atoms with Crippen molar-refractivity contribution >= 4 is 17.6 Å². The molecule has 1 amide bonds. The van der Waals surface area contributed by atoms with Gasteiger partial charge < -0.3 is 20.7 Å². The van der Waals surface area contributed by atoms with Crippen molar-refractivity contribution < 1.29 is 9.53 Å². The summed E-state index contributed by atoms with van der Waals surface area (Å²) in [6.45, 7) is 1.93. The quantitative estimate of drug-likeness (QED) is 0.612. The van der Waals surface area contributed by atoms with Crippen LogP contribution in [0.25, 0.3) is 16.9 Å². The molecule has 1 aromatic carbocycles. The number of carbonyl (C=O) groups is 1. The van der Waals surface area contributed by atoms with Crippen molar-refractivity contribution in [2.24, 2.45) is 5.73 Å². The van der Waals surface area contributed by atoms with Crippen molar-refractivity contribution in [1.82, 2.24) is 19.5 Å². The minimum absolute atomic E-state index is 0.0966. The summed E-state index contributed by atoms with van der Waals surface area (Å²) in [6.07, 6.45) is 8.04. The maximum atomic E-state index is 12.7. The zero-order chi connectivity index (χ0) is 21.9. The lowest BCUT2D eigenvalue weighted by atomic mass is 10.1. The van der Waals surface area contributed by atoms with Crippen molar-refractivity contribution in [2.45, 2.75) is 57.2 Å². The van der Waals surface area contributed by atoms with Crippen molar-refractivity contribution in [3.63, 3.8) is 0 Å². The highest BCUT2D eigenvalue weighted by molar-refractivity contribution is 5.69. The second-order valence-corrected chi connectivity index (χ2v) is 8.69. The van der Waals surface area contributed by atoms with Crippen molar-refractivity contribution in [2.75, 3.05) is 18.4 Å². The summed E-state index contributed by atoms with van der Waals surface area (Å²) in [4.78, 5) is 19.0. The van der Waals surface area contributed by atoms with Crippen LogP contribution in [-0.4, -0.2) is 50.8 Å². The van der Waals surface area contributed by atoms with E-state index < -0.39 is 0 Å². The fourth-order valence-corrected chi connectivity index (χ4v) is 4.70. The molecule has 1 saturated heterocycles. The van der Waals surface area contributed by atoms with Crippen LogP contribution < -0.4 is 11.1 Å². The Morgan fingerprint density at radius 2 is 1.91 bits per heavy atom. The van der Waals surface area contributed by atoms with Gasteiger partial charge in [-0.25, -0.2) is 14.3 Å². The molecule has 3 N–H and O–H groups in total. The SMILES string of the molecule is NCc1ccc(-c2cnc3ccc(NCC4CCCN4C(=O)OC4CCCC4)nn23)cc1. The maximum absolute atomic E-state index is 12.7. The molecule has 8 heteroatoms. The van der Waals surface area contributed by atoms with Crippen LogP contribution in [0.15, 0.2) is 42.6 Å². The van der Waals surface area contributed by atoms with Crippen LogP contribution in [0.1, 0.15) is 44.1 Å². The number of rotatable bonds is 6. The Balaban J connectivity index is 1.27. The molecule has 5 rings (SSSR count). The molecule has 2 fully saturated rings. The van der Waals surface area contributed by atoms with E-state index in [9.17, 15) is 4.79 Å². The normalized spacial score (nSPS) is 19.0. The van der Waals surface area contributed by atoms with Gasteiger partial charge in [0, 0.05) is 25.2 Å². The van der Waals surface area contributed by atoms with Crippen molar-refractivity contribution in [3.8, 4) is 11.3 Å². The zero-order valence-corrected chi connectivity index (χ0v) is 18.2. The van der Waals surface area contributed by atoms with E-state index >= 15 is 0 Å². The first kappa shape index (κ1) is 20.8. The summed E-state index contributed by atoms with van der Waals surface area (Å²) in [5, 5.41) is 8.17. The van der Waals surface area contributed by atoms with E-state index in [1.165, 1.54) is 0 Å². The second kappa shape index (κ2) is 9.16. The molecule has 1 aliphatic carbocycles. The summed E-state index contributed by atoms with van der Waals surface area (Å²) in [5.74, 6) is 0.756. The average molecular weight is 435 g/mol. The number of hydrogen-bond donors (Lipinski definition) is 2. The molecule has 0 bridgehead atoms. The van der Waals surface area contributed by atoms with Crippen LogP contribution in [0.3, 0.4) is 0 Å². The molecular formula is C24H30N6O2. The number of nitrogens with zero attached hydrogens (tertiary/aromatic N) is 4. The summed E-state index contributed by atoms with van der Waals surface area (Å²) >= 11 is 0. The van der Waals surface area contributed by atoms with Crippen LogP contribution in [0, 0.1) is 0 Å². The zero-order valence-electron chi connectivity index (χ0n) is 18.2. The number of hydrogen-bond acceptors (Lipinski definition) is 6. The van der Waals surface area contributed by atoms with Gasteiger partial charge in [-0.2, -0.15) is 0 Å². The lowest BCUT2D eigenvalue weighted by molar-refractivity contribution is 0.0633. The molecular weight excluding hydrogens is 404 g/mol. The van der Waals surface area contributed by atoms with E-state index in [0.29, 0.717) is 13.1 Å². The molecule has 1 unspecified atom stereocenters. The summed E-state index contributed by atoms with van der Waals surface area (Å²) in [6, 6.07) is 12.1. The molecule has 1 saturated carbocycles. The van der Waals surface area contributed by atoms with Gasteiger partial charge in [-0.3, -0.25) is 0 Å². The van der Waals surface area contributed by atoms with Crippen LogP contribution >= 0.6 is 0 Å². The minimum atomic E-state index is -0.164. The van der Waals surface area contributed by atoms with Gasteiger partial charge in [0.25, 0.3) is 0 Å². The van der Waals surface area contributed by atoms with E-state index in [4.69, 9.17) is 15.6 Å². The predicted octanol–water partition coefficient (Wildman–Crippen LogP) is 3.81. The van der Waals surface area contributed by atoms with Gasteiger partial charge in [-0.15, -0.1) is 5.10 Å². The lowest BCUT2D eigenvalue weighted by Gasteiger charge is -2.26. The molecule has 0 spiro atoms. The summed E-state index contributed by atoms with van der Waals surface area (Å²) < 4.78 is 7.58. The maximum Gasteiger partial charge on any atom is 0.410 e. The van der Waals surface area contributed by atoms with Crippen molar-refractivity contribution in [1.29, 1.82) is 0 Å². The standard InChI is InChI=1S/C24H30N6O2/c25-14-17-7-9-18(10-8-17)21-16-27-23-12-11-22(28-30(21)23)26-15-19-4-3-13-29(19)24(31)32-20-5-1-2-6-20/h7-12,16,19-20H,1-6,13-15,25H2,(H,26,28). The minimum Gasteiger partial charge on any atom is -0.446 e. The average Bonchev–Trinajstić information content (AvgIpc) is 3.58. The van der Waals surface area contributed by atoms with Gasteiger partial charge in [-0.1, -0.05) is 24.3 Å². The first-order valence-corrected chi connectivity index (χ1v) is 11.6. The second-order valence-electron chi connectivity index (χ2n) is 8.69. The molecule has 1 atom stereocenters. The van der Waals surface area contributed by atoms with Crippen molar-refractivity contribution in [3.05, 3.63) is 48.2 Å². The first-order valence-electron chi connectivity index (χ1n) is 11.6. The van der Waals surface area contributed by atoms with Gasteiger partial charge in [0.2, 0.25) is 0 Å². The van der Waals surface area contributed by atoms with E-state index in [1.54, 1.807) is 0 Å². The number of benzene rings is 1. The van der Waals surface area contributed by atoms with Gasteiger partial charge in [0.15, 0.2) is 5.65 Å². The highest BCUT2D eigenvalue weighted by Gasteiger charge is 2.32. The third-order valence-corrected chi connectivity index (χ3v) is 6.55. The number of likely N-dealkylation sites (tertiary alicyclic amines) is 1. The number of ether oxygens (including phenoxy) is 1. The Bertz CT molecular complexity index is 1070. The Hall–Kier alpha value is -3.13. The molecule has 0 radical (unpaired) electrons. The third-order valence-electron chi connectivity index (χ3n) is 6.55. The van der Waals surface area contributed by atoms with Crippen LogP contribution in [0.4, 0.5) is 10.6 Å². The molecule has 3 heterocycles. The molecule has 32 heavy (non-hydrogen) atoms. The van der Waals surface area contributed by atoms with Gasteiger partial charge >= 0.3 is 6.09 Å². The molecule has 8 nitrogen and oxygen atoms in total. The number of carbonyl (C=O) groups excluding carboxylic acids is 1. The number of anilines is 1. The Labute approximate surface area is 187 Å².